The molecule has 0 aromatic heterocycles. The van der Waals surface area contributed by atoms with Crippen molar-refractivity contribution in [1.82, 2.24) is 0 Å². The van der Waals surface area contributed by atoms with Crippen LogP contribution >= 0.6 is 0 Å². The van der Waals surface area contributed by atoms with Crippen molar-refractivity contribution in [1.29, 1.82) is 0 Å². The predicted octanol–water partition coefficient (Wildman–Crippen LogP) is 10.9. The van der Waals surface area contributed by atoms with Crippen LogP contribution in [0.4, 0.5) is 0 Å². The smallest absolute Gasteiger partial charge is 0.131 e. The van der Waals surface area contributed by atoms with Crippen molar-refractivity contribution >= 4 is 0 Å². The van der Waals surface area contributed by atoms with Crippen LogP contribution in [0, 0.1) is 0 Å². The van der Waals surface area contributed by atoms with E-state index in [1.165, 1.54) is 75.3 Å². The molecule has 1 unspecified atom stereocenters. The lowest BCUT2D eigenvalue weighted by Crippen LogP contribution is -2.12. The summed E-state index contributed by atoms with van der Waals surface area (Å²) in [6.45, 7) is 7.45. The fraction of sp³-hybridized carbons (Fsp3) is 0.500. The van der Waals surface area contributed by atoms with Crippen LogP contribution in [0.2, 0.25) is 0 Å². The number of hydrogen-bond acceptors (Lipinski definition) is 3. The molecule has 0 bridgehead atoms. The Kier molecular flexibility index (Phi) is 13.8. The van der Waals surface area contributed by atoms with Crippen molar-refractivity contribution in [3.8, 4) is 39.5 Å². The summed E-state index contributed by atoms with van der Waals surface area (Å²) in [6.07, 6.45) is 15.4. The van der Waals surface area contributed by atoms with E-state index in [-0.39, 0.29) is 6.10 Å². The fourth-order valence-electron chi connectivity index (χ4n) is 4.93. The zero-order chi connectivity index (χ0) is 27.7. The molecule has 0 saturated carbocycles. The highest BCUT2D eigenvalue weighted by Crippen LogP contribution is 2.36. The van der Waals surface area contributed by atoms with Crippen molar-refractivity contribution < 1.29 is 14.2 Å². The van der Waals surface area contributed by atoms with Crippen molar-refractivity contribution in [2.24, 2.45) is 0 Å². The molecule has 0 aliphatic heterocycles. The summed E-state index contributed by atoms with van der Waals surface area (Å²) in [7, 11) is 1.71. The van der Waals surface area contributed by atoms with Crippen LogP contribution in [0.15, 0.2) is 66.7 Å². The lowest BCUT2D eigenvalue weighted by molar-refractivity contribution is 0.206. The first-order chi connectivity index (χ1) is 19.1. The molecule has 0 fully saturated rings. The number of benzene rings is 3. The number of methoxy groups -OCH3 is 1. The molecule has 0 radical (unpaired) electrons. The van der Waals surface area contributed by atoms with Gasteiger partial charge in [-0.3, -0.25) is 0 Å². The highest BCUT2D eigenvalue weighted by Gasteiger charge is 2.12. The Morgan fingerprint density at radius 1 is 0.590 bits per heavy atom. The van der Waals surface area contributed by atoms with Gasteiger partial charge in [0.15, 0.2) is 0 Å². The molecule has 1 atom stereocenters. The Morgan fingerprint density at radius 3 is 1.77 bits per heavy atom. The Morgan fingerprint density at radius 2 is 1.13 bits per heavy atom. The van der Waals surface area contributed by atoms with Crippen LogP contribution in [0.3, 0.4) is 0 Å². The van der Waals surface area contributed by atoms with Gasteiger partial charge in [-0.05, 0) is 67.1 Å². The number of unbranched alkanes of at least 4 members (excludes halogenated alkanes) is 9. The van der Waals surface area contributed by atoms with Gasteiger partial charge in [-0.25, -0.2) is 0 Å². The van der Waals surface area contributed by atoms with Crippen molar-refractivity contribution in [3.63, 3.8) is 0 Å². The van der Waals surface area contributed by atoms with Crippen LogP contribution in [0.5, 0.6) is 17.2 Å². The van der Waals surface area contributed by atoms with Crippen molar-refractivity contribution in [2.75, 3.05) is 13.7 Å². The first-order valence-electron chi connectivity index (χ1n) is 15.3. The van der Waals surface area contributed by atoms with E-state index in [0.717, 1.165) is 47.8 Å². The van der Waals surface area contributed by atoms with Gasteiger partial charge >= 0.3 is 0 Å². The topological polar surface area (TPSA) is 27.7 Å². The molecule has 0 heterocycles. The fourth-order valence-corrected chi connectivity index (χ4v) is 4.93. The van der Waals surface area contributed by atoms with E-state index in [0.29, 0.717) is 0 Å². The molecule has 0 saturated heterocycles. The highest BCUT2D eigenvalue weighted by molar-refractivity contribution is 5.75. The molecular weight excluding hydrogens is 480 g/mol. The number of rotatable bonds is 19. The molecule has 212 valence electrons. The summed E-state index contributed by atoms with van der Waals surface area (Å²) >= 11 is 0. The SMILES string of the molecule is CCCCCCCCCCC(C)Oc1cc(OC)ccc1-c1ccc(-c2ccc(OCCCCC)cc2)cc1. The van der Waals surface area contributed by atoms with Gasteiger partial charge in [0.05, 0.1) is 19.8 Å². The molecule has 0 aliphatic carbocycles. The zero-order valence-corrected chi connectivity index (χ0v) is 24.8. The van der Waals surface area contributed by atoms with Crippen LogP contribution in [0.25, 0.3) is 22.3 Å². The molecular formula is C36H50O3. The van der Waals surface area contributed by atoms with E-state index in [1.54, 1.807) is 7.11 Å². The maximum atomic E-state index is 6.48. The molecule has 0 aliphatic rings. The maximum absolute atomic E-state index is 6.48. The quantitative estimate of drug-likeness (QED) is 0.144. The minimum Gasteiger partial charge on any atom is -0.497 e. The molecule has 0 spiro atoms. The Balaban J connectivity index is 1.58. The van der Waals surface area contributed by atoms with Crippen molar-refractivity contribution in [2.45, 2.75) is 104 Å². The van der Waals surface area contributed by atoms with Gasteiger partial charge in [-0.15, -0.1) is 0 Å². The maximum Gasteiger partial charge on any atom is 0.131 e. The molecule has 3 rings (SSSR count). The van der Waals surface area contributed by atoms with E-state index < -0.39 is 0 Å². The first kappa shape index (κ1) is 30.6. The summed E-state index contributed by atoms with van der Waals surface area (Å²) in [5, 5.41) is 0. The third-order valence-electron chi connectivity index (χ3n) is 7.38. The van der Waals surface area contributed by atoms with Crippen LogP contribution in [-0.4, -0.2) is 19.8 Å². The second-order valence-electron chi connectivity index (χ2n) is 10.7. The van der Waals surface area contributed by atoms with Gasteiger partial charge in [-0.2, -0.15) is 0 Å². The lowest BCUT2D eigenvalue weighted by atomic mass is 9.99. The van der Waals surface area contributed by atoms with Crippen molar-refractivity contribution in [3.05, 3.63) is 66.7 Å². The molecule has 39 heavy (non-hydrogen) atoms. The van der Waals surface area contributed by atoms with Crippen LogP contribution < -0.4 is 14.2 Å². The minimum atomic E-state index is 0.165. The largest absolute Gasteiger partial charge is 0.497 e. The monoisotopic (exact) mass is 530 g/mol. The second-order valence-corrected chi connectivity index (χ2v) is 10.7. The molecule has 3 nitrogen and oxygen atoms in total. The van der Waals surface area contributed by atoms with E-state index in [4.69, 9.17) is 14.2 Å². The van der Waals surface area contributed by atoms with Gasteiger partial charge in [0.2, 0.25) is 0 Å². The van der Waals surface area contributed by atoms with Gasteiger partial charge in [-0.1, -0.05) is 108 Å². The molecule has 3 aromatic rings. The molecule has 3 heteroatoms. The molecule has 0 amide bonds. The molecule has 3 aromatic carbocycles. The number of ether oxygens (including phenoxy) is 3. The first-order valence-corrected chi connectivity index (χ1v) is 15.3. The lowest BCUT2D eigenvalue weighted by Gasteiger charge is -2.19. The van der Waals surface area contributed by atoms with E-state index >= 15 is 0 Å². The normalized spacial score (nSPS) is 11.8. The van der Waals surface area contributed by atoms with Gasteiger partial charge < -0.3 is 14.2 Å². The summed E-state index contributed by atoms with van der Waals surface area (Å²) in [4.78, 5) is 0. The summed E-state index contributed by atoms with van der Waals surface area (Å²) in [5.74, 6) is 2.65. The van der Waals surface area contributed by atoms with E-state index in [2.05, 4.69) is 75.4 Å². The van der Waals surface area contributed by atoms with Gasteiger partial charge in [0.1, 0.15) is 17.2 Å². The van der Waals surface area contributed by atoms with E-state index in [1.807, 2.05) is 12.1 Å². The summed E-state index contributed by atoms with van der Waals surface area (Å²) in [6, 6.07) is 23.3. The van der Waals surface area contributed by atoms with Gasteiger partial charge in [0.25, 0.3) is 0 Å². The Bertz CT molecular complexity index is 1060. The average Bonchev–Trinajstić information content (AvgIpc) is 2.97. The molecule has 0 N–H and O–H groups in total. The zero-order valence-electron chi connectivity index (χ0n) is 24.8. The summed E-state index contributed by atoms with van der Waals surface area (Å²) in [5.41, 5.74) is 4.62. The predicted molar refractivity (Wildman–Crippen MR) is 166 cm³/mol. The second kappa shape index (κ2) is 17.6. The van der Waals surface area contributed by atoms with Crippen LogP contribution in [0.1, 0.15) is 97.8 Å². The standard InChI is InChI=1S/C36H50O3/c1-5-7-9-10-11-12-13-14-16-29(3)39-36-28-34(37-4)25-26-35(36)32-19-17-30(18-20-32)31-21-23-33(24-22-31)38-27-15-8-6-2/h17-26,28-29H,5-16,27H2,1-4H3. The Labute approximate surface area is 237 Å². The highest BCUT2D eigenvalue weighted by atomic mass is 16.5. The van der Waals surface area contributed by atoms with Crippen LogP contribution in [-0.2, 0) is 0 Å². The average molecular weight is 531 g/mol. The number of hydrogen-bond donors (Lipinski definition) is 0. The Hall–Kier alpha value is -2.94. The third kappa shape index (κ3) is 10.6. The van der Waals surface area contributed by atoms with E-state index in [9.17, 15) is 0 Å². The third-order valence-corrected chi connectivity index (χ3v) is 7.38. The minimum absolute atomic E-state index is 0.165. The van der Waals surface area contributed by atoms with Gasteiger partial charge in [0, 0.05) is 11.6 Å². The summed E-state index contributed by atoms with van der Waals surface area (Å²) < 4.78 is 17.9.